The molecule has 100 valence electrons. The Labute approximate surface area is 108 Å². The molecule has 5 nitrogen and oxygen atoms in total. The molecule has 0 unspecified atom stereocenters. The smallest absolute Gasteiger partial charge is 0.188 e. The molecule has 5 heteroatoms. The maximum atomic E-state index is 5.74. The van der Waals surface area contributed by atoms with Crippen molar-refractivity contribution in [2.75, 3.05) is 20.8 Å². The lowest BCUT2D eigenvalue weighted by Gasteiger charge is -2.11. The molecule has 3 N–H and O–H groups in total. The Morgan fingerprint density at radius 2 is 2.11 bits per heavy atom. The maximum absolute atomic E-state index is 5.74. The first-order valence-corrected chi connectivity index (χ1v) is 5.96. The van der Waals surface area contributed by atoms with E-state index in [0.29, 0.717) is 24.0 Å². The zero-order chi connectivity index (χ0) is 13.4. The number of rotatable bonds is 6. The van der Waals surface area contributed by atoms with Crippen molar-refractivity contribution in [3.05, 3.63) is 23.8 Å². The highest BCUT2D eigenvalue weighted by molar-refractivity contribution is 5.77. The van der Waals surface area contributed by atoms with E-state index >= 15 is 0 Å². The van der Waals surface area contributed by atoms with Gasteiger partial charge in [-0.2, -0.15) is 0 Å². The van der Waals surface area contributed by atoms with Crippen molar-refractivity contribution < 1.29 is 9.47 Å². The van der Waals surface area contributed by atoms with Gasteiger partial charge in [0.15, 0.2) is 17.5 Å². The number of aliphatic imine (C=N–C) groups is 1. The van der Waals surface area contributed by atoms with Crippen LogP contribution in [0.15, 0.2) is 23.2 Å². The van der Waals surface area contributed by atoms with Crippen molar-refractivity contribution in [2.45, 2.75) is 19.9 Å². The van der Waals surface area contributed by atoms with Gasteiger partial charge in [-0.3, -0.25) is 0 Å². The van der Waals surface area contributed by atoms with Crippen LogP contribution in [0.25, 0.3) is 0 Å². The van der Waals surface area contributed by atoms with Crippen molar-refractivity contribution in [1.29, 1.82) is 0 Å². The molecule has 0 saturated heterocycles. The van der Waals surface area contributed by atoms with Gasteiger partial charge in [0.1, 0.15) is 0 Å². The van der Waals surface area contributed by atoms with Crippen LogP contribution < -0.4 is 20.5 Å². The van der Waals surface area contributed by atoms with Crippen LogP contribution in [-0.4, -0.2) is 26.7 Å². The van der Waals surface area contributed by atoms with Crippen molar-refractivity contribution in [3.8, 4) is 11.5 Å². The fraction of sp³-hybridized carbons (Fsp3) is 0.462. The number of hydrogen-bond acceptors (Lipinski definition) is 3. The minimum Gasteiger partial charge on any atom is -0.493 e. The quantitative estimate of drug-likeness (QED) is 0.594. The molecule has 1 aromatic rings. The third-order valence-electron chi connectivity index (χ3n) is 2.46. The van der Waals surface area contributed by atoms with Gasteiger partial charge >= 0.3 is 0 Å². The second-order valence-corrected chi connectivity index (χ2v) is 3.78. The van der Waals surface area contributed by atoms with Gasteiger partial charge in [0.2, 0.25) is 0 Å². The summed E-state index contributed by atoms with van der Waals surface area (Å²) in [5, 5.41) is 3.02. The van der Waals surface area contributed by atoms with Crippen molar-refractivity contribution in [2.24, 2.45) is 10.7 Å². The van der Waals surface area contributed by atoms with Crippen LogP contribution in [0, 0.1) is 0 Å². The van der Waals surface area contributed by atoms with Gasteiger partial charge in [-0.05, 0) is 12.5 Å². The fourth-order valence-corrected chi connectivity index (χ4v) is 1.56. The Hall–Kier alpha value is -1.91. The number of nitrogens with two attached hydrogens (primary N) is 1. The molecule has 0 fully saturated rings. The van der Waals surface area contributed by atoms with E-state index in [1.165, 1.54) is 0 Å². The summed E-state index contributed by atoms with van der Waals surface area (Å²) in [6, 6.07) is 5.70. The standard InChI is InChI=1S/C13H21N3O2/c1-4-8-15-13(14)16-9-10-6-5-7-11(17-2)12(10)18-3/h5-7H,4,8-9H2,1-3H3,(H3,14,15,16). The first-order valence-electron chi connectivity index (χ1n) is 5.96. The van der Waals surface area contributed by atoms with Crippen LogP contribution in [0.1, 0.15) is 18.9 Å². The van der Waals surface area contributed by atoms with Gasteiger partial charge in [-0.25, -0.2) is 4.99 Å². The Morgan fingerprint density at radius 3 is 2.72 bits per heavy atom. The highest BCUT2D eigenvalue weighted by Crippen LogP contribution is 2.30. The normalized spacial score (nSPS) is 11.2. The molecule has 0 radical (unpaired) electrons. The van der Waals surface area contributed by atoms with Crippen molar-refractivity contribution in [3.63, 3.8) is 0 Å². The van der Waals surface area contributed by atoms with Crippen molar-refractivity contribution in [1.82, 2.24) is 5.32 Å². The second-order valence-electron chi connectivity index (χ2n) is 3.78. The van der Waals surface area contributed by atoms with E-state index in [1.807, 2.05) is 18.2 Å². The summed E-state index contributed by atoms with van der Waals surface area (Å²) in [7, 11) is 3.23. The number of nitrogens with zero attached hydrogens (tertiary/aromatic N) is 1. The topological polar surface area (TPSA) is 68.9 Å². The molecule has 0 aliphatic rings. The molecular formula is C13H21N3O2. The average molecular weight is 251 g/mol. The van der Waals surface area contributed by atoms with E-state index in [2.05, 4.69) is 17.2 Å². The molecule has 0 spiro atoms. The largest absolute Gasteiger partial charge is 0.493 e. The Bertz CT molecular complexity index is 405. The van der Waals surface area contributed by atoms with Gasteiger partial charge < -0.3 is 20.5 Å². The highest BCUT2D eigenvalue weighted by atomic mass is 16.5. The predicted octanol–water partition coefficient (Wildman–Crippen LogP) is 1.52. The van der Waals surface area contributed by atoms with Crippen LogP contribution in [0.5, 0.6) is 11.5 Å². The number of benzene rings is 1. The van der Waals surface area contributed by atoms with Crippen LogP contribution in [0.4, 0.5) is 0 Å². The first kappa shape index (κ1) is 14.2. The van der Waals surface area contributed by atoms with E-state index in [0.717, 1.165) is 18.5 Å². The van der Waals surface area contributed by atoms with E-state index in [-0.39, 0.29) is 0 Å². The Morgan fingerprint density at radius 1 is 1.33 bits per heavy atom. The summed E-state index contributed by atoms with van der Waals surface area (Å²) in [5.74, 6) is 1.85. The molecule has 1 rings (SSSR count). The minimum absolute atomic E-state index is 0.446. The van der Waals surface area contributed by atoms with Gasteiger partial charge in [0.05, 0.1) is 20.8 Å². The monoisotopic (exact) mass is 251 g/mol. The summed E-state index contributed by atoms with van der Waals surface area (Å²) < 4.78 is 10.6. The molecule has 0 atom stereocenters. The molecule has 0 aromatic heterocycles. The molecule has 0 bridgehead atoms. The van der Waals surface area contributed by atoms with Gasteiger partial charge in [0.25, 0.3) is 0 Å². The number of guanidine groups is 1. The van der Waals surface area contributed by atoms with Crippen LogP contribution in [0.3, 0.4) is 0 Å². The Balaban J connectivity index is 2.78. The van der Waals surface area contributed by atoms with Gasteiger partial charge in [-0.15, -0.1) is 0 Å². The molecule has 0 saturated carbocycles. The summed E-state index contributed by atoms with van der Waals surface area (Å²) in [6.45, 7) is 3.36. The lowest BCUT2D eigenvalue weighted by Crippen LogP contribution is -2.32. The van der Waals surface area contributed by atoms with E-state index in [4.69, 9.17) is 15.2 Å². The zero-order valence-corrected chi connectivity index (χ0v) is 11.2. The SMILES string of the molecule is CCCNC(N)=NCc1cccc(OC)c1OC. The van der Waals surface area contributed by atoms with E-state index in [9.17, 15) is 0 Å². The Kier molecular flexibility index (Phi) is 5.84. The lowest BCUT2D eigenvalue weighted by atomic mass is 10.2. The average Bonchev–Trinajstić information content (AvgIpc) is 2.41. The first-order chi connectivity index (χ1) is 8.72. The summed E-state index contributed by atoms with van der Waals surface area (Å²) in [6.07, 6.45) is 1.01. The van der Waals surface area contributed by atoms with Crippen LogP contribution in [0.2, 0.25) is 0 Å². The summed E-state index contributed by atoms with van der Waals surface area (Å²) >= 11 is 0. The van der Waals surface area contributed by atoms with Gasteiger partial charge in [0, 0.05) is 12.1 Å². The van der Waals surface area contributed by atoms with Crippen LogP contribution >= 0.6 is 0 Å². The van der Waals surface area contributed by atoms with Crippen LogP contribution in [-0.2, 0) is 6.54 Å². The van der Waals surface area contributed by atoms with E-state index < -0.39 is 0 Å². The molecule has 0 heterocycles. The number of nitrogens with one attached hydrogen (secondary N) is 1. The predicted molar refractivity (Wildman–Crippen MR) is 73.2 cm³/mol. The fourth-order valence-electron chi connectivity index (χ4n) is 1.56. The van der Waals surface area contributed by atoms with E-state index in [1.54, 1.807) is 14.2 Å². The summed E-state index contributed by atoms with van der Waals surface area (Å²) in [4.78, 5) is 4.26. The minimum atomic E-state index is 0.446. The second kappa shape index (κ2) is 7.42. The summed E-state index contributed by atoms with van der Waals surface area (Å²) in [5.41, 5.74) is 6.68. The highest BCUT2D eigenvalue weighted by Gasteiger charge is 2.08. The number of para-hydroxylation sites is 1. The van der Waals surface area contributed by atoms with Crippen molar-refractivity contribution >= 4 is 5.96 Å². The van der Waals surface area contributed by atoms with Gasteiger partial charge in [-0.1, -0.05) is 19.1 Å². The molecule has 18 heavy (non-hydrogen) atoms. The molecular weight excluding hydrogens is 230 g/mol. The number of hydrogen-bond donors (Lipinski definition) is 2. The molecule has 0 aliphatic carbocycles. The third-order valence-corrected chi connectivity index (χ3v) is 2.46. The maximum Gasteiger partial charge on any atom is 0.188 e. The number of ether oxygens (including phenoxy) is 2. The lowest BCUT2D eigenvalue weighted by molar-refractivity contribution is 0.352. The molecule has 0 amide bonds. The molecule has 1 aromatic carbocycles. The number of methoxy groups -OCH3 is 2. The third kappa shape index (κ3) is 3.84. The zero-order valence-electron chi connectivity index (χ0n) is 11.2. The molecule has 0 aliphatic heterocycles.